The molecule has 0 saturated heterocycles. The largest absolute Gasteiger partial charge is 0.512 e. The van der Waals surface area contributed by atoms with Crippen LogP contribution < -0.4 is 14.2 Å². The lowest BCUT2D eigenvalue weighted by Gasteiger charge is -2.18. The van der Waals surface area contributed by atoms with Crippen LogP contribution in [0.4, 0.5) is 4.79 Å². The molecule has 0 radical (unpaired) electrons. The fraction of sp³-hybridized carbons (Fsp3) is 0.267. The highest BCUT2D eigenvalue weighted by atomic mass is 16.7. The quantitative estimate of drug-likeness (QED) is 0.178. The first-order valence-corrected chi connectivity index (χ1v) is 12.5. The van der Waals surface area contributed by atoms with Crippen molar-refractivity contribution >= 4 is 23.0 Å². The molecular weight excluding hydrogens is 486 g/mol. The highest BCUT2D eigenvalue weighted by Gasteiger charge is 2.32. The third-order valence-electron chi connectivity index (χ3n) is 6.74. The highest BCUT2D eigenvalue weighted by Crippen LogP contribution is 2.42. The molecule has 0 aliphatic carbocycles. The topological polar surface area (TPSA) is 118 Å². The van der Waals surface area contributed by atoms with Gasteiger partial charge in [-0.05, 0) is 62.9 Å². The lowest BCUT2D eigenvalue weighted by Crippen LogP contribution is -2.24. The first-order valence-electron chi connectivity index (χ1n) is 12.5. The zero-order valence-electron chi connectivity index (χ0n) is 21.5. The summed E-state index contributed by atoms with van der Waals surface area (Å²) < 4.78 is 17.3. The first kappa shape index (κ1) is 25.2. The predicted octanol–water partition coefficient (Wildman–Crippen LogP) is 6.62. The SMILES string of the molecule is Cc1cc(C(=O)O)ccc1-c1cccc2c(CCCOc3cccc4c3OC(C)(C)C4)c(OC(=O)O)[nH]c12. The van der Waals surface area contributed by atoms with E-state index in [1.54, 1.807) is 18.2 Å². The Kier molecular flexibility index (Phi) is 6.48. The van der Waals surface area contributed by atoms with Gasteiger partial charge in [-0.1, -0.05) is 36.4 Å². The van der Waals surface area contributed by atoms with Crippen molar-refractivity contribution in [3.63, 3.8) is 0 Å². The Morgan fingerprint density at radius 2 is 1.84 bits per heavy atom. The van der Waals surface area contributed by atoms with Crippen molar-refractivity contribution in [1.29, 1.82) is 0 Å². The van der Waals surface area contributed by atoms with Crippen molar-refractivity contribution in [2.24, 2.45) is 0 Å². The van der Waals surface area contributed by atoms with Crippen molar-refractivity contribution in [2.45, 2.75) is 45.6 Å². The molecular formula is C30H29NO7. The summed E-state index contributed by atoms with van der Waals surface area (Å²) in [5.74, 6) is 0.672. The van der Waals surface area contributed by atoms with E-state index in [0.717, 1.165) is 50.9 Å². The third-order valence-corrected chi connectivity index (χ3v) is 6.74. The smallest absolute Gasteiger partial charge is 0.490 e. The van der Waals surface area contributed by atoms with E-state index in [1.165, 1.54) is 0 Å². The van der Waals surface area contributed by atoms with Crippen molar-refractivity contribution in [1.82, 2.24) is 4.98 Å². The molecule has 1 aliphatic heterocycles. The molecule has 5 rings (SSSR count). The van der Waals surface area contributed by atoms with Crippen LogP contribution in [0.3, 0.4) is 0 Å². The number of rotatable bonds is 8. The minimum Gasteiger partial charge on any atom is -0.490 e. The molecule has 3 N–H and O–H groups in total. The molecule has 0 bridgehead atoms. The van der Waals surface area contributed by atoms with Crippen LogP contribution in [0.2, 0.25) is 0 Å². The standard InChI is InChI=1S/C30H29NO7/c1-17-15-18(28(32)33)12-13-20(17)21-8-5-9-22-23(27(31-25(21)22)37-29(34)35)10-6-14-36-24-11-4-7-19-16-30(2,3)38-26(19)24/h4-5,7-9,11-13,15,31H,6,10,14,16H2,1-3H3,(H,32,33)(H,34,35). The molecule has 0 amide bonds. The summed E-state index contributed by atoms with van der Waals surface area (Å²) in [6.07, 6.45) is 0.555. The van der Waals surface area contributed by atoms with E-state index < -0.39 is 12.1 Å². The second-order valence-electron chi connectivity index (χ2n) is 10.1. The second kappa shape index (κ2) is 9.78. The normalized spacial score (nSPS) is 13.7. The number of nitrogens with one attached hydrogen (secondary N) is 1. The van der Waals surface area contributed by atoms with Crippen LogP contribution in [-0.4, -0.2) is 39.5 Å². The minimum atomic E-state index is -1.41. The number of carboxylic acids is 1. The molecule has 38 heavy (non-hydrogen) atoms. The Morgan fingerprint density at radius 3 is 2.58 bits per heavy atom. The van der Waals surface area contributed by atoms with E-state index in [9.17, 15) is 19.8 Å². The number of para-hydroxylation sites is 2. The van der Waals surface area contributed by atoms with Gasteiger partial charge in [-0.25, -0.2) is 9.59 Å². The van der Waals surface area contributed by atoms with E-state index in [2.05, 4.69) is 4.98 Å². The van der Waals surface area contributed by atoms with Crippen molar-refractivity contribution in [3.05, 3.63) is 76.9 Å². The Hall–Kier alpha value is -4.46. The summed E-state index contributed by atoms with van der Waals surface area (Å²) in [7, 11) is 0. The molecule has 3 aromatic carbocycles. The Labute approximate surface area is 219 Å². The number of aromatic amines is 1. The molecule has 1 aliphatic rings. The maximum absolute atomic E-state index is 11.4. The number of ether oxygens (including phenoxy) is 3. The molecule has 8 heteroatoms. The number of fused-ring (bicyclic) bond motifs is 2. The van der Waals surface area contributed by atoms with Gasteiger partial charge in [0.15, 0.2) is 11.5 Å². The molecule has 0 spiro atoms. The van der Waals surface area contributed by atoms with Crippen LogP contribution in [0, 0.1) is 6.92 Å². The van der Waals surface area contributed by atoms with Gasteiger partial charge in [-0.3, -0.25) is 0 Å². The Balaban J connectivity index is 1.40. The molecule has 0 unspecified atom stereocenters. The molecule has 0 saturated carbocycles. The zero-order chi connectivity index (χ0) is 27.0. The maximum atomic E-state index is 11.4. The van der Waals surface area contributed by atoms with Gasteiger partial charge in [-0.2, -0.15) is 0 Å². The molecule has 4 aromatic rings. The van der Waals surface area contributed by atoms with Crippen LogP contribution in [0.5, 0.6) is 17.4 Å². The van der Waals surface area contributed by atoms with Gasteiger partial charge >= 0.3 is 12.1 Å². The van der Waals surface area contributed by atoms with Crippen molar-refractivity contribution in [3.8, 4) is 28.5 Å². The van der Waals surface area contributed by atoms with Crippen LogP contribution >= 0.6 is 0 Å². The molecule has 196 valence electrons. The van der Waals surface area contributed by atoms with E-state index in [4.69, 9.17) is 14.2 Å². The van der Waals surface area contributed by atoms with Crippen LogP contribution in [0.1, 0.15) is 47.3 Å². The van der Waals surface area contributed by atoms with Gasteiger partial charge in [0.2, 0.25) is 5.88 Å². The fourth-order valence-electron chi connectivity index (χ4n) is 5.13. The van der Waals surface area contributed by atoms with Crippen LogP contribution in [0.15, 0.2) is 54.6 Å². The average Bonchev–Trinajstić information content (AvgIpc) is 3.36. The number of hydrogen-bond acceptors (Lipinski definition) is 5. The van der Waals surface area contributed by atoms with Gasteiger partial charge in [0.05, 0.1) is 17.7 Å². The van der Waals surface area contributed by atoms with Crippen molar-refractivity contribution in [2.75, 3.05) is 6.61 Å². The van der Waals surface area contributed by atoms with Gasteiger partial charge in [0, 0.05) is 28.5 Å². The summed E-state index contributed by atoms with van der Waals surface area (Å²) in [6, 6.07) is 16.6. The predicted molar refractivity (Wildman–Crippen MR) is 143 cm³/mol. The highest BCUT2D eigenvalue weighted by molar-refractivity contribution is 5.99. The maximum Gasteiger partial charge on any atom is 0.512 e. The lowest BCUT2D eigenvalue weighted by atomic mass is 9.96. The number of aromatic carboxylic acids is 1. The molecule has 1 aromatic heterocycles. The summed E-state index contributed by atoms with van der Waals surface area (Å²) in [6.45, 7) is 6.36. The summed E-state index contributed by atoms with van der Waals surface area (Å²) in [5.41, 5.74) is 5.00. The number of aromatic nitrogens is 1. The number of benzene rings is 3. The average molecular weight is 516 g/mol. The fourth-order valence-corrected chi connectivity index (χ4v) is 5.13. The number of hydrogen-bond donors (Lipinski definition) is 3. The Morgan fingerprint density at radius 1 is 1.05 bits per heavy atom. The minimum absolute atomic E-state index is 0.172. The molecule has 8 nitrogen and oxygen atoms in total. The monoisotopic (exact) mass is 515 g/mol. The summed E-state index contributed by atoms with van der Waals surface area (Å²) in [5, 5.41) is 19.5. The third kappa shape index (κ3) is 4.89. The van der Waals surface area contributed by atoms with E-state index in [0.29, 0.717) is 25.2 Å². The number of H-pyrrole nitrogens is 1. The van der Waals surface area contributed by atoms with Gasteiger partial charge in [-0.15, -0.1) is 0 Å². The molecule has 0 atom stereocenters. The Bertz CT molecular complexity index is 1550. The van der Waals surface area contributed by atoms with Crippen LogP contribution in [0.25, 0.3) is 22.0 Å². The number of carboxylic acid groups (broad SMARTS) is 2. The first-order chi connectivity index (χ1) is 18.1. The number of carbonyl (C=O) groups is 2. The van der Waals surface area contributed by atoms with E-state index >= 15 is 0 Å². The number of aryl methyl sites for hydroxylation is 2. The second-order valence-corrected chi connectivity index (χ2v) is 10.1. The van der Waals surface area contributed by atoms with Gasteiger partial charge in [0.1, 0.15) is 5.60 Å². The summed E-state index contributed by atoms with van der Waals surface area (Å²) in [4.78, 5) is 26.0. The lowest BCUT2D eigenvalue weighted by molar-refractivity contribution is 0.0696. The van der Waals surface area contributed by atoms with Gasteiger partial charge in [0.25, 0.3) is 0 Å². The molecule has 0 fully saturated rings. The van der Waals surface area contributed by atoms with E-state index in [1.807, 2.05) is 57.2 Å². The summed E-state index contributed by atoms with van der Waals surface area (Å²) >= 11 is 0. The van der Waals surface area contributed by atoms with Gasteiger partial charge < -0.3 is 29.4 Å². The van der Waals surface area contributed by atoms with E-state index in [-0.39, 0.29) is 17.0 Å². The zero-order valence-corrected chi connectivity index (χ0v) is 21.5. The molecule has 2 heterocycles. The van der Waals surface area contributed by atoms with Crippen molar-refractivity contribution < 1.29 is 34.0 Å². The van der Waals surface area contributed by atoms with Crippen LogP contribution in [-0.2, 0) is 12.8 Å².